The molecule has 0 saturated carbocycles. The van der Waals surface area contributed by atoms with Crippen LogP contribution in [0, 0.1) is 0 Å². The van der Waals surface area contributed by atoms with Crippen LogP contribution in [-0.2, 0) is 39.0 Å². The summed E-state index contributed by atoms with van der Waals surface area (Å²) in [6.07, 6.45) is 3.22. The number of hydrogen-bond donors (Lipinski definition) is 1. The van der Waals surface area contributed by atoms with Gasteiger partial charge in [-0.3, -0.25) is 18.7 Å². The van der Waals surface area contributed by atoms with Gasteiger partial charge < -0.3 is 19.0 Å². The minimum Gasteiger partial charge on any atom is -0.348 e. The number of fused-ring (bicyclic) bond motifs is 1. The van der Waals surface area contributed by atoms with Gasteiger partial charge in [0.15, 0.2) is 11.2 Å². The number of aromatic nitrogens is 7. The van der Waals surface area contributed by atoms with Crippen LogP contribution in [0.25, 0.3) is 22.7 Å². The zero-order valence-corrected chi connectivity index (χ0v) is 16.0. The first-order valence-electron chi connectivity index (χ1n) is 8.68. The van der Waals surface area contributed by atoms with Crippen molar-refractivity contribution in [1.82, 2.24) is 38.7 Å². The summed E-state index contributed by atoms with van der Waals surface area (Å²) in [5.74, 6) is 0.300. The fourth-order valence-electron chi connectivity index (χ4n) is 3.03. The van der Waals surface area contributed by atoms with Gasteiger partial charge in [-0.25, -0.2) is 9.78 Å². The Morgan fingerprint density at radius 2 is 2.00 bits per heavy atom. The number of carbonyl (C=O) groups excluding carboxylic acids is 1. The summed E-state index contributed by atoms with van der Waals surface area (Å²) < 4.78 is 10.6. The van der Waals surface area contributed by atoms with Crippen LogP contribution in [0.3, 0.4) is 0 Å². The zero-order chi connectivity index (χ0) is 20.7. The third-order valence-electron chi connectivity index (χ3n) is 4.61. The minimum absolute atomic E-state index is 0.0411. The van der Waals surface area contributed by atoms with E-state index in [9.17, 15) is 14.4 Å². The molecule has 4 aromatic heterocycles. The molecule has 0 unspecified atom stereocenters. The Morgan fingerprint density at radius 1 is 1.21 bits per heavy atom. The van der Waals surface area contributed by atoms with Crippen molar-refractivity contribution < 1.29 is 9.32 Å². The van der Waals surface area contributed by atoms with Crippen LogP contribution in [0.4, 0.5) is 0 Å². The van der Waals surface area contributed by atoms with E-state index in [-0.39, 0.29) is 36.1 Å². The first-order chi connectivity index (χ1) is 13.9. The molecular formula is C17H18N8O4. The predicted octanol–water partition coefficient (Wildman–Crippen LogP) is -0.861. The van der Waals surface area contributed by atoms with Gasteiger partial charge in [0.1, 0.15) is 6.54 Å². The van der Waals surface area contributed by atoms with Crippen molar-refractivity contribution in [1.29, 1.82) is 0 Å². The molecule has 1 amide bonds. The van der Waals surface area contributed by atoms with Crippen LogP contribution in [-0.4, -0.2) is 39.3 Å². The van der Waals surface area contributed by atoms with Crippen molar-refractivity contribution >= 4 is 17.1 Å². The van der Waals surface area contributed by atoms with Gasteiger partial charge in [0.25, 0.3) is 5.56 Å². The van der Waals surface area contributed by atoms with E-state index in [1.165, 1.54) is 29.6 Å². The van der Waals surface area contributed by atoms with E-state index < -0.39 is 11.2 Å². The molecule has 4 aromatic rings. The third-order valence-corrected chi connectivity index (χ3v) is 4.61. The highest BCUT2D eigenvalue weighted by Gasteiger charge is 2.17. The fraction of sp³-hybridized carbons (Fsp3) is 0.294. The van der Waals surface area contributed by atoms with Crippen LogP contribution in [0.15, 0.2) is 38.8 Å². The van der Waals surface area contributed by atoms with Crippen LogP contribution < -0.4 is 16.6 Å². The lowest BCUT2D eigenvalue weighted by Crippen LogP contribution is -2.38. The van der Waals surface area contributed by atoms with E-state index in [1.807, 2.05) is 29.9 Å². The number of amides is 1. The molecule has 0 aliphatic carbocycles. The van der Waals surface area contributed by atoms with Crippen LogP contribution >= 0.6 is 0 Å². The number of rotatable bonds is 5. The van der Waals surface area contributed by atoms with Gasteiger partial charge in [0, 0.05) is 27.3 Å². The van der Waals surface area contributed by atoms with E-state index >= 15 is 0 Å². The minimum atomic E-state index is -0.516. The Bertz CT molecular complexity index is 1340. The lowest BCUT2D eigenvalue weighted by atomic mass is 10.4. The second-order valence-electron chi connectivity index (χ2n) is 6.54. The van der Waals surface area contributed by atoms with Crippen LogP contribution in [0.2, 0.25) is 0 Å². The Hall–Kier alpha value is -3.96. The standard InChI is InChI=1S/C17H18N8O4/c1-22-6-4-5-10(22)14-20-12(29-21-14)7-18-11(26)8-25-9-19-15-13(25)16(27)24(3)17(28)23(15)2/h4-6,9H,7-8H2,1-3H3,(H,18,26). The summed E-state index contributed by atoms with van der Waals surface area (Å²) >= 11 is 0. The molecule has 0 atom stereocenters. The van der Waals surface area contributed by atoms with E-state index in [2.05, 4.69) is 20.4 Å². The molecule has 4 rings (SSSR count). The molecule has 0 saturated heterocycles. The molecule has 12 heteroatoms. The topological polar surface area (TPSA) is 135 Å². The van der Waals surface area contributed by atoms with E-state index in [0.717, 1.165) is 10.3 Å². The Morgan fingerprint density at radius 3 is 2.72 bits per heavy atom. The number of hydrogen-bond acceptors (Lipinski definition) is 7. The highest BCUT2D eigenvalue weighted by atomic mass is 16.5. The van der Waals surface area contributed by atoms with Gasteiger partial charge in [-0.2, -0.15) is 4.98 Å². The molecule has 0 aromatic carbocycles. The summed E-state index contributed by atoms with van der Waals surface area (Å²) in [6, 6.07) is 3.72. The molecule has 1 N–H and O–H groups in total. The van der Waals surface area contributed by atoms with Gasteiger partial charge in [-0.15, -0.1) is 0 Å². The van der Waals surface area contributed by atoms with Gasteiger partial charge in [-0.05, 0) is 12.1 Å². The van der Waals surface area contributed by atoms with Gasteiger partial charge in [0.05, 0.1) is 18.6 Å². The number of nitrogens with one attached hydrogen (secondary N) is 1. The molecule has 150 valence electrons. The first-order valence-corrected chi connectivity index (χ1v) is 8.68. The Kier molecular flexibility index (Phi) is 4.37. The summed E-state index contributed by atoms with van der Waals surface area (Å²) in [4.78, 5) is 45.1. The lowest BCUT2D eigenvalue weighted by Gasteiger charge is -2.06. The van der Waals surface area contributed by atoms with E-state index in [0.29, 0.717) is 5.82 Å². The molecule has 12 nitrogen and oxygen atoms in total. The Labute approximate surface area is 163 Å². The van der Waals surface area contributed by atoms with Crippen molar-refractivity contribution in [3.05, 3.63) is 51.4 Å². The number of imidazole rings is 1. The SMILES string of the molecule is Cn1cccc1-c1noc(CNC(=O)Cn2cnc3c2c(=O)n(C)c(=O)n3C)n1. The average molecular weight is 398 g/mol. The van der Waals surface area contributed by atoms with Crippen molar-refractivity contribution in [2.75, 3.05) is 0 Å². The molecule has 0 radical (unpaired) electrons. The summed E-state index contributed by atoms with van der Waals surface area (Å²) in [5.41, 5.74) is 0.182. The maximum absolute atomic E-state index is 12.4. The molecule has 0 aliphatic heterocycles. The van der Waals surface area contributed by atoms with E-state index in [1.54, 1.807) is 0 Å². The maximum atomic E-state index is 12.4. The normalized spacial score (nSPS) is 11.3. The van der Waals surface area contributed by atoms with Crippen LogP contribution in [0.5, 0.6) is 0 Å². The quantitative estimate of drug-likeness (QED) is 0.462. The monoisotopic (exact) mass is 398 g/mol. The molecular weight excluding hydrogens is 380 g/mol. The molecule has 0 fully saturated rings. The third kappa shape index (κ3) is 3.13. The number of nitrogens with zero attached hydrogens (tertiary/aromatic N) is 7. The Balaban J connectivity index is 1.49. The van der Waals surface area contributed by atoms with Crippen molar-refractivity contribution in [3.8, 4) is 11.5 Å². The largest absolute Gasteiger partial charge is 0.348 e. The lowest BCUT2D eigenvalue weighted by molar-refractivity contribution is -0.121. The molecule has 0 spiro atoms. The second-order valence-corrected chi connectivity index (χ2v) is 6.54. The molecule has 4 heterocycles. The van der Waals surface area contributed by atoms with Crippen molar-refractivity contribution in [3.63, 3.8) is 0 Å². The number of carbonyl (C=O) groups is 1. The zero-order valence-electron chi connectivity index (χ0n) is 16.0. The average Bonchev–Trinajstić information content (AvgIpc) is 3.42. The predicted molar refractivity (Wildman–Crippen MR) is 101 cm³/mol. The second kappa shape index (κ2) is 6.89. The summed E-state index contributed by atoms with van der Waals surface area (Å²) in [7, 11) is 4.76. The maximum Gasteiger partial charge on any atom is 0.332 e. The van der Waals surface area contributed by atoms with Gasteiger partial charge >= 0.3 is 5.69 Å². The van der Waals surface area contributed by atoms with Crippen molar-refractivity contribution in [2.45, 2.75) is 13.1 Å². The molecule has 0 bridgehead atoms. The van der Waals surface area contributed by atoms with Crippen molar-refractivity contribution in [2.24, 2.45) is 21.1 Å². The summed E-state index contributed by atoms with van der Waals surface area (Å²) in [6.45, 7) is -0.109. The molecule has 29 heavy (non-hydrogen) atoms. The highest BCUT2D eigenvalue weighted by molar-refractivity contribution is 5.78. The molecule has 0 aliphatic rings. The van der Waals surface area contributed by atoms with E-state index in [4.69, 9.17) is 4.52 Å². The van der Waals surface area contributed by atoms with Gasteiger partial charge in [0.2, 0.25) is 17.6 Å². The number of aryl methyl sites for hydroxylation is 2. The first kappa shape index (κ1) is 18.4. The van der Waals surface area contributed by atoms with Gasteiger partial charge in [-0.1, -0.05) is 5.16 Å². The summed E-state index contributed by atoms with van der Waals surface area (Å²) in [5, 5.41) is 6.57. The smallest absolute Gasteiger partial charge is 0.332 e. The highest BCUT2D eigenvalue weighted by Crippen LogP contribution is 2.15. The fourth-order valence-corrected chi connectivity index (χ4v) is 3.03. The van der Waals surface area contributed by atoms with Crippen LogP contribution in [0.1, 0.15) is 5.89 Å².